The number of amides is 1. The lowest BCUT2D eigenvalue weighted by Gasteiger charge is -2.32. The number of aryl methyl sites for hydroxylation is 1. The van der Waals surface area contributed by atoms with E-state index in [2.05, 4.69) is 35.8 Å². The molecular formula is C29H32N4O4. The normalized spacial score (nSPS) is 16.6. The highest BCUT2D eigenvalue weighted by Crippen LogP contribution is 2.41. The summed E-state index contributed by atoms with van der Waals surface area (Å²) in [5, 5.41) is 24.6. The first-order chi connectivity index (χ1) is 17.9. The van der Waals surface area contributed by atoms with Gasteiger partial charge in [-0.3, -0.25) is 4.79 Å². The molecule has 192 valence electrons. The van der Waals surface area contributed by atoms with E-state index in [1.165, 1.54) is 29.3 Å². The van der Waals surface area contributed by atoms with Gasteiger partial charge in [0.25, 0.3) is 0 Å². The van der Waals surface area contributed by atoms with Crippen LogP contribution in [0.25, 0.3) is 27.8 Å². The van der Waals surface area contributed by atoms with Gasteiger partial charge in [0.2, 0.25) is 5.91 Å². The molecule has 1 saturated heterocycles. The monoisotopic (exact) mass is 500 g/mol. The quantitative estimate of drug-likeness (QED) is 0.390. The second-order valence-electron chi connectivity index (χ2n) is 10.5. The molecule has 0 unspecified atom stereocenters. The van der Waals surface area contributed by atoms with Crippen molar-refractivity contribution in [2.75, 3.05) is 19.7 Å². The van der Waals surface area contributed by atoms with Crippen LogP contribution in [0.2, 0.25) is 0 Å². The van der Waals surface area contributed by atoms with Crippen molar-refractivity contribution in [1.82, 2.24) is 19.1 Å². The first-order valence-electron chi connectivity index (χ1n) is 13.2. The molecule has 0 radical (unpaired) electrons. The first kappa shape index (κ1) is 23.7. The molecule has 1 aromatic carbocycles. The van der Waals surface area contributed by atoms with Crippen molar-refractivity contribution >= 4 is 28.3 Å². The molecule has 0 spiro atoms. The molecule has 2 N–H and O–H groups in total. The molecule has 6 rings (SSSR count). The third kappa shape index (κ3) is 4.29. The lowest BCUT2D eigenvalue weighted by Crippen LogP contribution is -2.38. The summed E-state index contributed by atoms with van der Waals surface area (Å²) >= 11 is 0. The number of carbonyl (C=O) groups excluding carboxylic acids is 1. The van der Waals surface area contributed by atoms with Crippen LogP contribution in [0.1, 0.15) is 59.5 Å². The predicted octanol–water partition coefficient (Wildman–Crippen LogP) is 4.46. The average molecular weight is 501 g/mol. The lowest BCUT2D eigenvalue weighted by atomic mass is 9.88. The number of aliphatic hydroxyl groups excluding tert-OH is 1. The number of carbonyl (C=O) groups is 2. The molecule has 0 bridgehead atoms. The fourth-order valence-corrected chi connectivity index (χ4v) is 5.86. The molecule has 2 aliphatic rings. The Morgan fingerprint density at radius 1 is 1.08 bits per heavy atom. The van der Waals surface area contributed by atoms with Crippen LogP contribution < -0.4 is 0 Å². The van der Waals surface area contributed by atoms with Gasteiger partial charge >= 0.3 is 5.97 Å². The minimum absolute atomic E-state index is 0.0342. The molecule has 1 saturated carbocycles. The Hall–Kier alpha value is -3.65. The van der Waals surface area contributed by atoms with E-state index in [-0.39, 0.29) is 24.5 Å². The molecule has 37 heavy (non-hydrogen) atoms. The molecule has 8 heteroatoms. The van der Waals surface area contributed by atoms with E-state index in [0.717, 1.165) is 41.9 Å². The molecule has 3 aromatic heterocycles. The van der Waals surface area contributed by atoms with Crippen LogP contribution in [-0.4, -0.2) is 60.9 Å². The zero-order valence-corrected chi connectivity index (χ0v) is 21.1. The van der Waals surface area contributed by atoms with E-state index < -0.39 is 5.97 Å². The number of aliphatic hydroxyl groups is 1. The Balaban J connectivity index is 1.42. The fraction of sp³-hybridized carbons (Fsp3) is 0.414. The van der Waals surface area contributed by atoms with E-state index in [1.807, 2.05) is 11.0 Å². The van der Waals surface area contributed by atoms with Crippen LogP contribution in [0.3, 0.4) is 0 Å². The number of likely N-dealkylation sites (tertiary alicyclic amines) is 1. The topological polar surface area (TPSA) is 100 Å². The number of nitrogens with zero attached hydrogens (tertiary/aromatic N) is 4. The van der Waals surface area contributed by atoms with Gasteiger partial charge in [0.05, 0.1) is 28.9 Å². The molecular weight excluding hydrogens is 468 g/mol. The van der Waals surface area contributed by atoms with E-state index in [0.29, 0.717) is 24.9 Å². The highest BCUT2D eigenvalue weighted by Gasteiger charge is 2.29. The van der Waals surface area contributed by atoms with Gasteiger partial charge in [-0.1, -0.05) is 18.2 Å². The van der Waals surface area contributed by atoms with Gasteiger partial charge in [-0.15, -0.1) is 0 Å². The summed E-state index contributed by atoms with van der Waals surface area (Å²) in [6.07, 6.45) is 6.06. The number of hydrogen-bond donors (Lipinski definition) is 2. The van der Waals surface area contributed by atoms with Crippen molar-refractivity contribution in [3.05, 3.63) is 59.3 Å². The fourth-order valence-electron chi connectivity index (χ4n) is 5.86. The summed E-state index contributed by atoms with van der Waals surface area (Å²) in [6, 6.07) is 12.2. The van der Waals surface area contributed by atoms with Gasteiger partial charge in [0.1, 0.15) is 5.69 Å². The molecule has 2 fully saturated rings. The third-order valence-corrected chi connectivity index (χ3v) is 8.07. The van der Waals surface area contributed by atoms with Crippen molar-refractivity contribution in [3.8, 4) is 11.4 Å². The standard InChI is InChI=1S/C29H32N4O4/c1-18-24-8-7-22(29(36)37)17-33(24)30-27(18)25-15-21-3-2-4-23(28(21)32(25)16-19-5-6-19)20-9-12-31(13-10-20)26(35)11-14-34/h2-4,7-8,15,17,19-20,34H,5-6,9-14,16H2,1H3,(H,36,37). The molecule has 1 amide bonds. The van der Waals surface area contributed by atoms with Gasteiger partial charge in [0.15, 0.2) is 0 Å². The number of pyridine rings is 1. The van der Waals surface area contributed by atoms with E-state index in [4.69, 9.17) is 10.2 Å². The number of hydrogen-bond acceptors (Lipinski definition) is 4. The Morgan fingerprint density at radius 2 is 1.86 bits per heavy atom. The van der Waals surface area contributed by atoms with Crippen LogP contribution in [0.5, 0.6) is 0 Å². The molecule has 4 heterocycles. The van der Waals surface area contributed by atoms with E-state index in [9.17, 15) is 14.7 Å². The Labute approximate surface area is 215 Å². The van der Waals surface area contributed by atoms with Crippen LogP contribution >= 0.6 is 0 Å². The number of para-hydroxylation sites is 1. The number of fused-ring (bicyclic) bond motifs is 2. The minimum atomic E-state index is -0.965. The summed E-state index contributed by atoms with van der Waals surface area (Å²) in [6.45, 7) is 4.32. The first-order valence-corrected chi connectivity index (χ1v) is 13.2. The number of piperidine rings is 1. The van der Waals surface area contributed by atoms with E-state index in [1.54, 1.807) is 16.8 Å². The van der Waals surface area contributed by atoms with Crippen molar-refractivity contribution in [2.24, 2.45) is 5.92 Å². The second kappa shape index (κ2) is 9.34. The number of aromatic carboxylic acids is 1. The predicted molar refractivity (Wildman–Crippen MR) is 141 cm³/mol. The van der Waals surface area contributed by atoms with Gasteiger partial charge in [-0.25, -0.2) is 9.31 Å². The maximum atomic E-state index is 12.3. The largest absolute Gasteiger partial charge is 0.478 e. The van der Waals surface area contributed by atoms with Gasteiger partial charge < -0.3 is 19.7 Å². The van der Waals surface area contributed by atoms with Crippen molar-refractivity contribution in [3.63, 3.8) is 0 Å². The van der Waals surface area contributed by atoms with Crippen molar-refractivity contribution < 1.29 is 19.8 Å². The molecule has 1 aliphatic heterocycles. The second-order valence-corrected chi connectivity index (χ2v) is 10.5. The lowest BCUT2D eigenvalue weighted by molar-refractivity contribution is -0.132. The average Bonchev–Trinajstić information content (AvgIpc) is 3.57. The van der Waals surface area contributed by atoms with Crippen LogP contribution in [-0.2, 0) is 11.3 Å². The van der Waals surface area contributed by atoms with E-state index >= 15 is 0 Å². The Kier molecular flexibility index (Phi) is 5.99. The minimum Gasteiger partial charge on any atom is -0.478 e. The molecule has 8 nitrogen and oxygen atoms in total. The maximum absolute atomic E-state index is 12.3. The highest BCUT2D eigenvalue weighted by atomic mass is 16.4. The Morgan fingerprint density at radius 3 is 2.57 bits per heavy atom. The molecule has 1 aliphatic carbocycles. The summed E-state index contributed by atoms with van der Waals surface area (Å²) in [5.41, 5.74) is 6.70. The van der Waals surface area contributed by atoms with Crippen molar-refractivity contribution in [1.29, 1.82) is 0 Å². The summed E-state index contributed by atoms with van der Waals surface area (Å²) in [4.78, 5) is 25.7. The highest BCUT2D eigenvalue weighted by molar-refractivity contribution is 5.91. The summed E-state index contributed by atoms with van der Waals surface area (Å²) < 4.78 is 4.13. The number of carboxylic acid groups (broad SMARTS) is 1. The SMILES string of the molecule is Cc1c(-c2cc3cccc(C4CCN(C(=O)CCO)CC4)c3n2CC2CC2)nn2cc(C(=O)O)ccc12. The zero-order valence-electron chi connectivity index (χ0n) is 21.1. The van der Waals surface area contributed by atoms with Crippen LogP contribution in [0.4, 0.5) is 0 Å². The molecule has 0 atom stereocenters. The summed E-state index contributed by atoms with van der Waals surface area (Å²) in [5.74, 6) is 0.0966. The number of benzene rings is 1. The Bertz CT molecular complexity index is 1510. The number of aromatic nitrogens is 3. The molecule has 4 aromatic rings. The smallest absolute Gasteiger partial charge is 0.337 e. The zero-order chi connectivity index (χ0) is 25.7. The van der Waals surface area contributed by atoms with Crippen molar-refractivity contribution in [2.45, 2.75) is 51.5 Å². The van der Waals surface area contributed by atoms with Crippen LogP contribution in [0.15, 0.2) is 42.6 Å². The summed E-state index contributed by atoms with van der Waals surface area (Å²) in [7, 11) is 0. The van der Waals surface area contributed by atoms with Gasteiger partial charge in [0, 0.05) is 43.2 Å². The van der Waals surface area contributed by atoms with Gasteiger partial charge in [-0.05, 0) is 68.2 Å². The third-order valence-electron chi connectivity index (χ3n) is 8.07. The maximum Gasteiger partial charge on any atom is 0.337 e. The number of rotatable bonds is 7. The van der Waals surface area contributed by atoms with Gasteiger partial charge in [-0.2, -0.15) is 5.10 Å². The van der Waals surface area contributed by atoms with Crippen LogP contribution in [0, 0.1) is 12.8 Å². The number of carboxylic acids is 1.